The van der Waals surface area contributed by atoms with Crippen LogP contribution in [0.5, 0.6) is 5.75 Å². The lowest BCUT2D eigenvalue weighted by atomic mass is 10.2. The van der Waals surface area contributed by atoms with Crippen molar-refractivity contribution in [2.45, 2.75) is 12.1 Å². The summed E-state index contributed by atoms with van der Waals surface area (Å²) >= 11 is 13.9. The van der Waals surface area contributed by atoms with Crippen LogP contribution in [0.3, 0.4) is 0 Å². The van der Waals surface area contributed by atoms with Crippen LogP contribution in [0.25, 0.3) is 17.1 Å². The second-order valence-corrected chi connectivity index (χ2v) is 10.6. The average Bonchev–Trinajstić information content (AvgIpc) is 3.25. The molecule has 0 spiro atoms. The van der Waals surface area contributed by atoms with E-state index in [1.54, 1.807) is 12.1 Å². The second-order valence-electron chi connectivity index (χ2n) is 7.42. The molecule has 0 fully saturated rings. The zero-order valence-corrected chi connectivity index (χ0v) is 23.0. The molecule has 0 saturated carbocycles. The molecule has 0 radical (unpaired) electrons. The van der Waals surface area contributed by atoms with Crippen LogP contribution in [0.15, 0.2) is 79.9 Å². The molecule has 0 aliphatic heterocycles. The third kappa shape index (κ3) is 6.32. The number of hydrazone groups is 1. The van der Waals surface area contributed by atoms with E-state index in [2.05, 4.69) is 52.6 Å². The minimum Gasteiger partial charge on any atom is -0.871 e. The van der Waals surface area contributed by atoms with Crippen LogP contribution < -0.4 is 15.1 Å². The van der Waals surface area contributed by atoms with Crippen molar-refractivity contribution in [3.8, 4) is 22.8 Å². The van der Waals surface area contributed by atoms with Crippen molar-refractivity contribution in [1.82, 2.24) is 15.6 Å². The molecule has 1 heterocycles. The Kier molecular flexibility index (Phi) is 8.27. The quantitative estimate of drug-likeness (QED) is 0.127. The molecule has 4 rings (SSSR count). The highest BCUT2D eigenvalue weighted by atomic mass is 79.9. The number of amides is 1. The first kappa shape index (κ1) is 25.4. The van der Waals surface area contributed by atoms with Gasteiger partial charge in [-0.05, 0) is 72.8 Å². The molecule has 11 heteroatoms. The number of aromatic nitrogens is 3. The van der Waals surface area contributed by atoms with Gasteiger partial charge in [0.25, 0.3) is 11.7 Å². The lowest BCUT2D eigenvalue weighted by molar-refractivity contribution is -0.625. The van der Waals surface area contributed by atoms with Crippen molar-refractivity contribution in [1.29, 1.82) is 0 Å². The highest BCUT2D eigenvalue weighted by Gasteiger charge is 2.24. The van der Waals surface area contributed by atoms with Gasteiger partial charge < -0.3 is 5.11 Å². The Bertz CT molecular complexity index is 1390. The summed E-state index contributed by atoms with van der Waals surface area (Å²) in [6.45, 7) is 2.02. The molecule has 0 unspecified atom stereocenters. The summed E-state index contributed by atoms with van der Waals surface area (Å²) in [5.74, 6) is 0.278. The van der Waals surface area contributed by atoms with Gasteiger partial charge in [-0.1, -0.05) is 66.9 Å². The monoisotopic (exact) mass is 633 g/mol. The average molecular weight is 636 g/mol. The summed E-state index contributed by atoms with van der Waals surface area (Å²) in [7, 11) is 0. The number of H-pyrrole nitrogens is 1. The number of hydrogen-bond acceptors (Lipinski definition) is 5. The van der Waals surface area contributed by atoms with E-state index >= 15 is 0 Å². The Morgan fingerprint density at radius 2 is 1.91 bits per heavy atom. The van der Waals surface area contributed by atoms with Crippen LogP contribution in [0.2, 0.25) is 5.02 Å². The Morgan fingerprint density at radius 1 is 1.20 bits per heavy atom. The largest absolute Gasteiger partial charge is 0.871 e. The summed E-state index contributed by atoms with van der Waals surface area (Å²) in [6, 6.07) is 18.7. The number of thioether (sulfide) groups is 1. The molecule has 4 aromatic rings. The number of nitrogens with one attached hydrogen (secondary N) is 2. The Hall–Kier alpha value is -2.66. The van der Waals surface area contributed by atoms with Crippen molar-refractivity contribution < 1.29 is 14.5 Å². The summed E-state index contributed by atoms with van der Waals surface area (Å²) < 4.78 is 3.08. The Morgan fingerprint density at radius 3 is 2.63 bits per heavy atom. The van der Waals surface area contributed by atoms with Crippen LogP contribution in [-0.2, 0) is 4.79 Å². The van der Waals surface area contributed by atoms with Crippen molar-refractivity contribution in [3.63, 3.8) is 0 Å². The fourth-order valence-electron chi connectivity index (χ4n) is 3.14. The smallest absolute Gasteiger partial charge is 0.342 e. The molecule has 178 valence electrons. The summed E-state index contributed by atoms with van der Waals surface area (Å²) in [5, 5.41) is 24.8. The number of carbonyl (C=O) groups is 1. The predicted molar refractivity (Wildman–Crippen MR) is 143 cm³/mol. The summed E-state index contributed by atoms with van der Waals surface area (Å²) in [4.78, 5) is 12.4. The molecule has 1 aromatic heterocycles. The zero-order valence-electron chi connectivity index (χ0n) is 18.3. The van der Waals surface area contributed by atoms with Gasteiger partial charge in [0.2, 0.25) is 0 Å². The lowest BCUT2D eigenvalue weighted by Crippen LogP contribution is -2.34. The van der Waals surface area contributed by atoms with E-state index < -0.39 is 0 Å². The maximum absolute atomic E-state index is 12.4. The van der Waals surface area contributed by atoms with Gasteiger partial charge in [-0.15, -0.1) is 5.10 Å². The molecule has 0 aliphatic rings. The van der Waals surface area contributed by atoms with Crippen LogP contribution in [-0.4, -0.2) is 28.1 Å². The van der Waals surface area contributed by atoms with E-state index in [1.807, 2.05) is 60.0 Å². The molecular formula is C24H18Br2ClN5O2S. The van der Waals surface area contributed by atoms with Gasteiger partial charge in [0, 0.05) is 14.0 Å². The summed E-state index contributed by atoms with van der Waals surface area (Å²) in [6.07, 6.45) is 1.32. The van der Waals surface area contributed by atoms with E-state index in [0.717, 1.165) is 27.1 Å². The number of benzene rings is 3. The van der Waals surface area contributed by atoms with Gasteiger partial charge in [-0.25, -0.2) is 5.43 Å². The first-order chi connectivity index (χ1) is 16.8. The van der Waals surface area contributed by atoms with E-state index in [9.17, 15) is 9.90 Å². The van der Waals surface area contributed by atoms with Crippen molar-refractivity contribution in [3.05, 3.63) is 85.8 Å². The molecule has 2 N–H and O–H groups in total. The van der Waals surface area contributed by atoms with Crippen molar-refractivity contribution in [2.24, 2.45) is 5.10 Å². The number of rotatable bonds is 7. The lowest BCUT2D eigenvalue weighted by Gasteiger charge is -2.12. The van der Waals surface area contributed by atoms with Gasteiger partial charge in [-0.3, -0.25) is 4.79 Å². The fourth-order valence-corrected chi connectivity index (χ4v) is 5.29. The van der Waals surface area contributed by atoms with Crippen LogP contribution in [0, 0.1) is 6.92 Å². The number of nitrogens with zero attached hydrogens (tertiary/aromatic N) is 3. The van der Waals surface area contributed by atoms with Gasteiger partial charge >= 0.3 is 5.16 Å². The highest BCUT2D eigenvalue weighted by molar-refractivity contribution is 9.11. The molecule has 35 heavy (non-hydrogen) atoms. The predicted octanol–water partition coefficient (Wildman–Crippen LogP) is 5.16. The van der Waals surface area contributed by atoms with Crippen molar-refractivity contribution >= 4 is 67.3 Å². The number of carbonyl (C=O) groups excluding carboxylic acids is 1. The van der Waals surface area contributed by atoms with E-state index in [-0.39, 0.29) is 17.4 Å². The molecule has 1 amide bonds. The minimum absolute atomic E-state index is 0.0700. The molecule has 0 saturated heterocycles. The normalized spacial score (nSPS) is 11.2. The Balaban J connectivity index is 1.51. The number of aromatic amines is 1. The van der Waals surface area contributed by atoms with E-state index in [1.165, 1.54) is 18.0 Å². The second kappa shape index (κ2) is 11.4. The van der Waals surface area contributed by atoms with Crippen LogP contribution in [0.4, 0.5) is 0 Å². The SMILES string of the molecule is Cc1ccc(-[n+]2c(SCC(=O)NN=Cc3cc(Br)cc(Br)c3[O-])n[nH]c2-c2ccc(Cl)cc2)cc1. The molecular weight excluding hydrogens is 618 g/mol. The van der Waals surface area contributed by atoms with E-state index in [0.29, 0.717) is 20.2 Å². The van der Waals surface area contributed by atoms with Gasteiger partial charge in [0.15, 0.2) is 0 Å². The topological polar surface area (TPSA) is 97.1 Å². The molecule has 0 bridgehead atoms. The molecule has 0 aliphatic carbocycles. The maximum atomic E-state index is 12.4. The molecule has 3 aromatic carbocycles. The zero-order chi connectivity index (χ0) is 24.9. The molecule has 7 nitrogen and oxygen atoms in total. The third-order valence-corrected chi connectivity index (χ3v) is 7.08. The number of hydrogen-bond donors (Lipinski definition) is 2. The third-order valence-electron chi connectivity index (χ3n) is 4.84. The van der Waals surface area contributed by atoms with Gasteiger partial charge in [-0.2, -0.15) is 9.67 Å². The van der Waals surface area contributed by atoms with Gasteiger partial charge in [0.05, 0.1) is 22.6 Å². The number of aryl methyl sites for hydroxylation is 1. The van der Waals surface area contributed by atoms with Crippen LogP contribution >= 0.6 is 55.2 Å². The standard InChI is InChI=1S/C24H18Br2ClN5O2S/c1-14-2-8-19(9-3-14)32-23(15-4-6-18(27)7-5-15)30-31-24(32)35-13-21(33)29-28-12-16-10-17(25)11-20(26)22(16)34/h2-12H,13H2,1H3,(H2,28,29,33,34). The van der Waals surface area contributed by atoms with E-state index in [4.69, 9.17) is 11.6 Å². The fraction of sp³-hybridized carbons (Fsp3) is 0.0833. The Labute approximate surface area is 227 Å². The maximum Gasteiger partial charge on any atom is 0.342 e. The number of halogens is 3. The molecule has 0 atom stereocenters. The minimum atomic E-state index is -0.334. The first-order valence-electron chi connectivity index (χ1n) is 10.3. The van der Waals surface area contributed by atoms with Gasteiger partial charge in [0.1, 0.15) is 5.69 Å². The van der Waals surface area contributed by atoms with Crippen molar-refractivity contribution in [2.75, 3.05) is 5.75 Å². The summed E-state index contributed by atoms with van der Waals surface area (Å²) in [5.41, 5.74) is 5.74. The first-order valence-corrected chi connectivity index (χ1v) is 13.2. The van der Waals surface area contributed by atoms with Crippen LogP contribution in [0.1, 0.15) is 11.1 Å². The highest BCUT2D eigenvalue weighted by Crippen LogP contribution is 2.28.